The smallest absolute Gasteiger partial charge is 0.337 e. The van der Waals surface area contributed by atoms with Crippen molar-refractivity contribution in [2.24, 2.45) is 0 Å². The van der Waals surface area contributed by atoms with E-state index in [1.165, 1.54) is 32.4 Å². The molecule has 3 rings (SSSR count). The maximum Gasteiger partial charge on any atom is 0.337 e. The first-order valence-corrected chi connectivity index (χ1v) is 9.44. The summed E-state index contributed by atoms with van der Waals surface area (Å²) in [5, 5.41) is 2.58. The molecule has 1 aromatic carbocycles. The number of nitrogens with zero attached hydrogens (tertiary/aromatic N) is 2. The Hall–Kier alpha value is -3.68. The zero-order valence-corrected chi connectivity index (χ0v) is 17.5. The zero-order valence-electron chi connectivity index (χ0n) is 17.5. The van der Waals surface area contributed by atoms with Crippen molar-refractivity contribution in [1.82, 2.24) is 15.3 Å². The lowest BCUT2D eigenvalue weighted by Gasteiger charge is -2.22. The number of ether oxygens (including phenoxy) is 1. The van der Waals surface area contributed by atoms with Gasteiger partial charge in [0.05, 0.1) is 29.5 Å². The summed E-state index contributed by atoms with van der Waals surface area (Å²) in [4.78, 5) is 32.6. The van der Waals surface area contributed by atoms with Crippen LogP contribution in [-0.4, -0.2) is 36.0 Å². The fourth-order valence-electron chi connectivity index (χ4n) is 3.10. The molecule has 0 fully saturated rings. The Morgan fingerprint density at radius 1 is 0.968 bits per heavy atom. The van der Waals surface area contributed by atoms with Gasteiger partial charge in [-0.1, -0.05) is 18.2 Å². The number of aromatic nitrogens is 2. The molecule has 0 aliphatic heterocycles. The van der Waals surface area contributed by atoms with Crippen molar-refractivity contribution in [2.45, 2.75) is 19.3 Å². The van der Waals surface area contributed by atoms with E-state index in [4.69, 9.17) is 0 Å². The Balaban J connectivity index is 2.12. The number of benzene rings is 1. The first kappa shape index (κ1) is 22.0. The summed E-state index contributed by atoms with van der Waals surface area (Å²) in [7, 11) is 2.76. The molecule has 0 atom stereocenters. The number of amides is 1. The van der Waals surface area contributed by atoms with Gasteiger partial charge in [-0.2, -0.15) is 0 Å². The van der Waals surface area contributed by atoms with Crippen LogP contribution in [0.1, 0.15) is 29.9 Å². The van der Waals surface area contributed by atoms with E-state index in [0.29, 0.717) is 5.69 Å². The summed E-state index contributed by atoms with van der Waals surface area (Å²) >= 11 is 0. The molecule has 1 N–H and O–H groups in total. The molecule has 0 spiro atoms. The lowest BCUT2D eigenvalue weighted by molar-refractivity contribution is -0.125. The van der Waals surface area contributed by atoms with E-state index in [1.54, 1.807) is 38.1 Å². The normalized spacial score (nSPS) is 11.2. The number of likely N-dealkylation sites (N-methyl/N-ethyl adjacent to an activating group) is 1. The van der Waals surface area contributed by atoms with Crippen molar-refractivity contribution < 1.29 is 23.1 Å². The Labute approximate surface area is 178 Å². The van der Waals surface area contributed by atoms with E-state index >= 15 is 0 Å². The molecule has 0 radical (unpaired) electrons. The van der Waals surface area contributed by atoms with Crippen molar-refractivity contribution >= 4 is 11.9 Å². The number of carbonyl (C=O) groups is 2. The average Bonchev–Trinajstić information content (AvgIpc) is 2.78. The number of hydrogen-bond donors (Lipinski definition) is 1. The van der Waals surface area contributed by atoms with Crippen LogP contribution >= 0.6 is 0 Å². The largest absolute Gasteiger partial charge is 0.465 e. The van der Waals surface area contributed by atoms with Gasteiger partial charge < -0.3 is 10.1 Å². The average molecular weight is 425 g/mol. The fraction of sp³-hybridized carbons (Fsp3) is 0.217. The van der Waals surface area contributed by atoms with E-state index in [-0.39, 0.29) is 34.1 Å². The van der Waals surface area contributed by atoms with Crippen molar-refractivity contribution in [3.05, 3.63) is 71.4 Å². The van der Waals surface area contributed by atoms with Crippen molar-refractivity contribution in [3.63, 3.8) is 0 Å². The van der Waals surface area contributed by atoms with E-state index in [2.05, 4.69) is 20.0 Å². The van der Waals surface area contributed by atoms with Gasteiger partial charge in [0, 0.05) is 18.7 Å². The Kier molecular flexibility index (Phi) is 6.10. The van der Waals surface area contributed by atoms with Crippen LogP contribution in [0.5, 0.6) is 0 Å². The van der Waals surface area contributed by atoms with Gasteiger partial charge in [0.25, 0.3) is 0 Å². The van der Waals surface area contributed by atoms with Crippen LogP contribution in [0.2, 0.25) is 0 Å². The fourth-order valence-corrected chi connectivity index (χ4v) is 3.10. The SMILES string of the molecule is CNC(=O)C(C)(C)c1cccc(-c2nc(-c3cccc(C(=O)OC)c3)c(F)cc2F)n1. The Bertz CT molecular complexity index is 1160. The minimum atomic E-state index is -0.973. The monoisotopic (exact) mass is 425 g/mol. The highest BCUT2D eigenvalue weighted by Crippen LogP contribution is 2.29. The molecule has 160 valence electrons. The second-order valence-corrected chi connectivity index (χ2v) is 7.33. The maximum absolute atomic E-state index is 14.7. The number of methoxy groups -OCH3 is 1. The summed E-state index contributed by atoms with van der Waals surface area (Å²) in [5.41, 5.74) is -0.238. The predicted octanol–water partition coefficient (Wildman–Crippen LogP) is 3.90. The van der Waals surface area contributed by atoms with Gasteiger partial charge in [0.15, 0.2) is 11.6 Å². The summed E-state index contributed by atoms with van der Waals surface area (Å²) in [6.07, 6.45) is 0. The van der Waals surface area contributed by atoms with Crippen LogP contribution in [0.4, 0.5) is 8.78 Å². The standard InChI is InChI=1S/C23H21F2N3O3/c1-23(2,22(30)26-3)18-10-6-9-17(27-18)20-16(25)12-15(24)19(28-20)13-7-5-8-14(11-13)21(29)31-4/h5-12H,1-4H3,(H,26,30). The molecule has 1 amide bonds. The van der Waals surface area contributed by atoms with Crippen molar-refractivity contribution in [2.75, 3.05) is 14.2 Å². The van der Waals surface area contributed by atoms with Crippen LogP contribution in [0.15, 0.2) is 48.5 Å². The third-order valence-electron chi connectivity index (χ3n) is 4.91. The number of pyridine rings is 2. The van der Waals surface area contributed by atoms with E-state index in [9.17, 15) is 18.4 Å². The van der Waals surface area contributed by atoms with E-state index < -0.39 is 23.0 Å². The summed E-state index contributed by atoms with van der Waals surface area (Å²) in [5.74, 6) is -2.63. The number of halogens is 2. The summed E-state index contributed by atoms with van der Waals surface area (Å²) in [6.45, 7) is 3.38. The third-order valence-corrected chi connectivity index (χ3v) is 4.91. The molecular weight excluding hydrogens is 404 g/mol. The van der Waals surface area contributed by atoms with Gasteiger partial charge in [-0.3, -0.25) is 4.79 Å². The number of nitrogens with one attached hydrogen (secondary N) is 1. The molecule has 2 heterocycles. The molecule has 0 aliphatic rings. The molecule has 8 heteroatoms. The summed E-state index contributed by atoms with van der Waals surface area (Å²) in [6, 6.07) is 11.6. The lowest BCUT2D eigenvalue weighted by Crippen LogP contribution is -2.38. The second-order valence-electron chi connectivity index (χ2n) is 7.33. The lowest BCUT2D eigenvalue weighted by atomic mass is 9.87. The van der Waals surface area contributed by atoms with Crippen molar-refractivity contribution in [1.29, 1.82) is 0 Å². The van der Waals surface area contributed by atoms with Gasteiger partial charge in [-0.15, -0.1) is 0 Å². The van der Waals surface area contributed by atoms with Crippen LogP contribution in [-0.2, 0) is 14.9 Å². The minimum absolute atomic E-state index is 0.139. The molecule has 0 unspecified atom stereocenters. The van der Waals surface area contributed by atoms with Gasteiger partial charge in [0.2, 0.25) is 5.91 Å². The predicted molar refractivity (Wildman–Crippen MR) is 111 cm³/mol. The van der Waals surface area contributed by atoms with E-state index in [1.807, 2.05) is 0 Å². The van der Waals surface area contributed by atoms with Gasteiger partial charge in [-0.05, 0) is 38.1 Å². The summed E-state index contributed by atoms with van der Waals surface area (Å²) < 4.78 is 33.9. The first-order valence-electron chi connectivity index (χ1n) is 9.44. The van der Waals surface area contributed by atoms with Crippen LogP contribution < -0.4 is 5.32 Å². The van der Waals surface area contributed by atoms with Crippen LogP contribution in [0.25, 0.3) is 22.6 Å². The quantitative estimate of drug-likeness (QED) is 0.627. The molecule has 2 aromatic heterocycles. The molecule has 6 nitrogen and oxygen atoms in total. The highest BCUT2D eigenvalue weighted by atomic mass is 19.1. The second kappa shape index (κ2) is 8.59. The zero-order chi connectivity index (χ0) is 22.8. The number of hydrogen-bond acceptors (Lipinski definition) is 5. The minimum Gasteiger partial charge on any atom is -0.465 e. The van der Waals surface area contributed by atoms with Crippen LogP contribution in [0.3, 0.4) is 0 Å². The van der Waals surface area contributed by atoms with Crippen molar-refractivity contribution in [3.8, 4) is 22.6 Å². The van der Waals surface area contributed by atoms with E-state index in [0.717, 1.165) is 6.07 Å². The van der Waals surface area contributed by atoms with Gasteiger partial charge >= 0.3 is 5.97 Å². The molecule has 0 saturated heterocycles. The molecule has 0 saturated carbocycles. The highest BCUT2D eigenvalue weighted by molar-refractivity contribution is 5.91. The number of rotatable bonds is 5. The number of carbonyl (C=O) groups excluding carboxylic acids is 2. The molecule has 31 heavy (non-hydrogen) atoms. The molecule has 0 bridgehead atoms. The maximum atomic E-state index is 14.7. The highest BCUT2D eigenvalue weighted by Gasteiger charge is 2.31. The Morgan fingerprint density at radius 2 is 1.65 bits per heavy atom. The van der Waals surface area contributed by atoms with Crippen LogP contribution in [0, 0.1) is 11.6 Å². The Morgan fingerprint density at radius 3 is 2.32 bits per heavy atom. The van der Waals surface area contributed by atoms with Gasteiger partial charge in [-0.25, -0.2) is 23.5 Å². The molecule has 0 aliphatic carbocycles. The topological polar surface area (TPSA) is 81.2 Å². The first-order chi connectivity index (χ1) is 14.7. The third kappa shape index (κ3) is 4.28. The molecule has 3 aromatic rings. The molecular formula is C23H21F2N3O3. The van der Waals surface area contributed by atoms with Gasteiger partial charge in [0.1, 0.15) is 11.4 Å². The number of esters is 1.